The van der Waals surface area contributed by atoms with Crippen molar-refractivity contribution in [1.82, 2.24) is 20.0 Å². The van der Waals surface area contributed by atoms with Crippen LogP contribution in [0.5, 0.6) is 0 Å². The second-order valence-corrected chi connectivity index (χ2v) is 15.1. The van der Waals surface area contributed by atoms with Crippen LogP contribution in [0, 0.1) is 11.3 Å². The Morgan fingerprint density at radius 3 is 2.40 bits per heavy atom. The number of carbonyl (C=O) groups is 1. The Kier molecular flexibility index (Phi) is 12.1. The Bertz CT molecular complexity index is 1370. The number of unbranched alkanes of at least 4 members (excludes halogenated alkanes) is 1. The van der Waals surface area contributed by atoms with Crippen molar-refractivity contribution in [3.63, 3.8) is 0 Å². The largest absolute Gasteiger partial charge is 0.351 e. The van der Waals surface area contributed by atoms with Crippen molar-refractivity contribution >= 4 is 55.2 Å². The number of carbonyl (C=O) groups excluding carboxylic acids is 1. The Morgan fingerprint density at radius 2 is 1.86 bits per heavy atom. The van der Waals surface area contributed by atoms with Crippen LogP contribution in [0.2, 0.25) is 0 Å². The molecule has 1 amide bonds. The summed E-state index contributed by atoms with van der Waals surface area (Å²) in [6.45, 7) is 4.78. The molecule has 0 aliphatic heterocycles. The highest BCUT2D eigenvalue weighted by atomic mass is 35.5. The van der Waals surface area contributed by atoms with Gasteiger partial charge in [0.05, 0.1) is 46.1 Å². The van der Waals surface area contributed by atoms with E-state index in [0.29, 0.717) is 32.2 Å². The summed E-state index contributed by atoms with van der Waals surface area (Å²) in [6, 6.07) is 0.646. The first-order chi connectivity index (χ1) is 19.6. The number of nitrogens with one attached hydrogen (secondary N) is 1. The van der Waals surface area contributed by atoms with Crippen LogP contribution in [0.15, 0.2) is 16.4 Å². The van der Waals surface area contributed by atoms with Crippen LogP contribution in [0.3, 0.4) is 0 Å². The van der Waals surface area contributed by atoms with Gasteiger partial charge in [-0.2, -0.15) is 32.3 Å². The van der Waals surface area contributed by atoms with Gasteiger partial charge in [0.1, 0.15) is 11.6 Å². The van der Waals surface area contributed by atoms with Gasteiger partial charge in [0.25, 0.3) is 20.2 Å². The first-order valence-electron chi connectivity index (χ1n) is 13.7. The van der Waals surface area contributed by atoms with Gasteiger partial charge in [-0.05, 0) is 58.0 Å². The summed E-state index contributed by atoms with van der Waals surface area (Å²) < 4.78 is 65.3. The fourth-order valence-electron chi connectivity index (χ4n) is 5.75. The fourth-order valence-corrected chi connectivity index (χ4v) is 8.50. The molecule has 2 aliphatic rings. The van der Waals surface area contributed by atoms with Crippen LogP contribution in [0.4, 0.5) is 5.82 Å². The molecule has 0 bridgehead atoms. The highest BCUT2D eigenvalue weighted by Crippen LogP contribution is 2.41. The van der Waals surface area contributed by atoms with Gasteiger partial charge in [-0.1, -0.05) is 6.92 Å². The van der Waals surface area contributed by atoms with Gasteiger partial charge in [0.2, 0.25) is 5.91 Å². The van der Waals surface area contributed by atoms with Crippen LogP contribution >= 0.6 is 23.2 Å². The van der Waals surface area contributed by atoms with E-state index in [0.717, 1.165) is 13.0 Å². The lowest BCUT2D eigenvalue weighted by Gasteiger charge is -2.39. The van der Waals surface area contributed by atoms with Gasteiger partial charge in [0.15, 0.2) is 5.82 Å². The molecular formula is C24H37Cl2N7O7S2. The molecule has 0 saturated heterocycles. The number of hydrogen-bond acceptors (Lipinski definition) is 10. The third-order valence-electron chi connectivity index (χ3n) is 7.81. The van der Waals surface area contributed by atoms with Crippen molar-refractivity contribution in [2.75, 3.05) is 18.8 Å². The second kappa shape index (κ2) is 14.7. The highest BCUT2D eigenvalue weighted by molar-refractivity contribution is 7.86. The first kappa shape index (κ1) is 34.6. The minimum atomic E-state index is -4.34. The van der Waals surface area contributed by atoms with E-state index in [9.17, 15) is 31.4 Å². The lowest BCUT2D eigenvalue weighted by Crippen LogP contribution is -2.51. The Labute approximate surface area is 256 Å². The summed E-state index contributed by atoms with van der Waals surface area (Å²) in [6.07, 6.45) is 4.00. The predicted molar refractivity (Wildman–Crippen MR) is 156 cm³/mol. The topological polar surface area (TPSA) is 207 Å². The lowest BCUT2D eigenvalue weighted by atomic mass is 9.86. The monoisotopic (exact) mass is 669 g/mol. The molecule has 1 aromatic rings. The molecule has 42 heavy (non-hydrogen) atoms. The number of alkyl halides is 2. The molecular weight excluding hydrogens is 633 g/mol. The Balaban J connectivity index is 1.77. The third kappa shape index (κ3) is 9.31. The number of amides is 1. The van der Waals surface area contributed by atoms with Gasteiger partial charge in [-0.3, -0.25) is 13.9 Å². The van der Waals surface area contributed by atoms with E-state index in [-0.39, 0.29) is 48.0 Å². The molecule has 1 aromatic heterocycles. The highest BCUT2D eigenvalue weighted by Gasteiger charge is 2.43. The van der Waals surface area contributed by atoms with Gasteiger partial charge in [0, 0.05) is 13.0 Å². The zero-order chi connectivity index (χ0) is 31.2. The molecule has 0 radical (unpaired) electrons. The average molecular weight is 671 g/mol. The predicted octanol–water partition coefficient (Wildman–Crippen LogP) is 3.06. The molecule has 3 N–H and O–H groups in total. The first-order valence-corrected chi connectivity index (χ1v) is 17.7. The minimum Gasteiger partial charge on any atom is -0.351 e. The van der Waals surface area contributed by atoms with Gasteiger partial charge in [-0.15, -0.1) is 28.3 Å². The van der Waals surface area contributed by atoms with Gasteiger partial charge < -0.3 is 10.2 Å². The van der Waals surface area contributed by atoms with E-state index in [2.05, 4.69) is 25.5 Å². The number of hydrogen-bond donors (Lipinski definition) is 3. The van der Waals surface area contributed by atoms with E-state index in [1.165, 1.54) is 17.8 Å². The van der Waals surface area contributed by atoms with E-state index >= 15 is 0 Å². The zero-order valence-electron chi connectivity index (χ0n) is 23.4. The van der Waals surface area contributed by atoms with Crippen molar-refractivity contribution in [2.24, 2.45) is 10.2 Å². The Hall–Kier alpha value is -1.87. The van der Waals surface area contributed by atoms with Crippen molar-refractivity contribution in [3.05, 3.63) is 11.8 Å². The third-order valence-corrected chi connectivity index (χ3v) is 10.7. The molecule has 5 unspecified atom stereocenters. The summed E-state index contributed by atoms with van der Waals surface area (Å²) >= 11 is 13.0. The van der Waals surface area contributed by atoms with Crippen molar-refractivity contribution < 1.29 is 30.7 Å². The molecule has 0 spiro atoms. The summed E-state index contributed by atoms with van der Waals surface area (Å²) in [4.78, 5) is 14.3. The second-order valence-electron chi connectivity index (χ2n) is 10.7. The maximum atomic E-state index is 12.0. The SMILES string of the molecule is CCN(CCCCS(=O)(=O)O)C1CCC(N=Nc2c(C#N)cnn2C2C(Cl)CC(S(=O)(=O)O)CC2Cl)C(NC(C)=O)C1. The molecule has 5 atom stereocenters. The zero-order valence-corrected chi connectivity index (χ0v) is 26.5. The smallest absolute Gasteiger partial charge is 0.267 e. The minimum absolute atomic E-state index is 0.0645. The summed E-state index contributed by atoms with van der Waals surface area (Å²) in [5.74, 6) is -0.406. The molecule has 14 nitrogen and oxygen atoms in total. The molecule has 236 valence electrons. The van der Waals surface area contributed by atoms with E-state index in [4.69, 9.17) is 27.8 Å². The van der Waals surface area contributed by atoms with Crippen molar-refractivity contribution in [3.8, 4) is 6.07 Å². The van der Waals surface area contributed by atoms with E-state index in [1.54, 1.807) is 0 Å². The molecule has 1 heterocycles. The quantitative estimate of drug-likeness (QED) is 0.128. The molecule has 18 heteroatoms. The van der Waals surface area contributed by atoms with Crippen LogP contribution in [-0.4, -0.2) is 99.5 Å². The van der Waals surface area contributed by atoms with Crippen LogP contribution in [0.25, 0.3) is 0 Å². The molecule has 2 aliphatic carbocycles. The summed E-state index contributed by atoms with van der Waals surface area (Å²) in [5.41, 5.74) is 0.121. The molecule has 2 saturated carbocycles. The Morgan fingerprint density at radius 1 is 1.19 bits per heavy atom. The number of rotatable bonds is 12. The summed E-state index contributed by atoms with van der Waals surface area (Å²) in [7, 11) is -8.34. The summed E-state index contributed by atoms with van der Waals surface area (Å²) in [5, 5.41) is 23.0. The van der Waals surface area contributed by atoms with Gasteiger partial charge >= 0.3 is 0 Å². The number of azo groups is 1. The van der Waals surface area contributed by atoms with Crippen molar-refractivity contribution in [2.45, 2.75) is 99.0 Å². The maximum Gasteiger partial charge on any atom is 0.267 e. The van der Waals surface area contributed by atoms with Crippen LogP contribution in [-0.2, 0) is 25.0 Å². The molecule has 0 aromatic carbocycles. The lowest BCUT2D eigenvalue weighted by molar-refractivity contribution is -0.120. The van der Waals surface area contributed by atoms with E-state index in [1.807, 2.05) is 13.0 Å². The maximum absolute atomic E-state index is 12.0. The number of nitrogens with zero attached hydrogens (tertiary/aromatic N) is 6. The normalized spacial score (nSPS) is 29.0. The van der Waals surface area contributed by atoms with Crippen molar-refractivity contribution in [1.29, 1.82) is 5.26 Å². The molecule has 3 rings (SSSR count). The van der Waals surface area contributed by atoms with Crippen LogP contribution in [0.1, 0.15) is 70.4 Å². The number of halogens is 2. The number of aromatic nitrogens is 2. The average Bonchev–Trinajstić information content (AvgIpc) is 3.28. The number of nitriles is 1. The fraction of sp³-hybridized carbons (Fsp3) is 0.792. The molecule has 2 fully saturated rings. The standard InChI is InChI=1S/C24H37Cl2N7O7S2/c1-3-32(8-4-5-9-41(35,36)37)17-6-7-21(22(10-17)29-15(2)34)30-31-24-16(13-27)14-28-33(24)23-19(25)11-18(12-20(23)26)42(38,39)40/h14,17-23H,3-12H2,1-2H3,(H,29,34)(H,35,36,37)(H,38,39,40). The van der Waals surface area contributed by atoms with E-state index < -0.39 is 48.3 Å². The van der Waals surface area contributed by atoms with Gasteiger partial charge in [-0.25, -0.2) is 4.68 Å². The van der Waals surface area contributed by atoms with Crippen LogP contribution < -0.4 is 5.32 Å².